The van der Waals surface area contributed by atoms with Gasteiger partial charge in [-0.1, -0.05) is 34.5 Å². The van der Waals surface area contributed by atoms with E-state index in [0.717, 1.165) is 29.3 Å². The molecule has 0 saturated heterocycles. The van der Waals surface area contributed by atoms with Gasteiger partial charge in [-0.15, -0.1) is 0 Å². The summed E-state index contributed by atoms with van der Waals surface area (Å²) in [6.45, 7) is 3.65. The van der Waals surface area contributed by atoms with Crippen LogP contribution in [0.25, 0.3) is 0 Å². The van der Waals surface area contributed by atoms with Gasteiger partial charge in [0.1, 0.15) is 0 Å². The maximum atomic E-state index is 13.0. The predicted octanol–water partition coefficient (Wildman–Crippen LogP) is 4.54. The summed E-state index contributed by atoms with van der Waals surface area (Å²) in [6.07, 6.45) is 2.64. The topological polar surface area (TPSA) is 66.5 Å². The summed E-state index contributed by atoms with van der Waals surface area (Å²) in [7, 11) is -1.97. The van der Waals surface area contributed by atoms with E-state index in [4.69, 9.17) is 0 Å². The SMILES string of the molecule is CC(C)N(C)S(=O)(=O)c1ccc(NC(=O)C2(c3ccc(Br)cc3)CCC2)cc1. The Kier molecular flexibility index (Phi) is 5.98. The van der Waals surface area contributed by atoms with Gasteiger partial charge in [0.15, 0.2) is 0 Å². The molecule has 1 aliphatic rings. The lowest BCUT2D eigenvalue weighted by molar-refractivity contribution is -0.124. The van der Waals surface area contributed by atoms with Gasteiger partial charge in [-0.25, -0.2) is 8.42 Å². The van der Waals surface area contributed by atoms with Gasteiger partial charge in [0, 0.05) is 23.2 Å². The van der Waals surface area contributed by atoms with Crippen LogP contribution in [0, 0.1) is 0 Å². The van der Waals surface area contributed by atoms with Crippen LogP contribution in [0.1, 0.15) is 38.7 Å². The number of benzene rings is 2. The molecule has 0 aromatic heterocycles. The van der Waals surface area contributed by atoms with Crippen molar-refractivity contribution in [2.45, 2.75) is 49.5 Å². The van der Waals surface area contributed by atoms with E-state index in [-0.39, 0.29) is 16.8 Å². The van der Waals surface area contributed by atoms with Crippen molar-refractivity contribution < 1.29 is 13.2 Å². The summed E-state index contributed by atoms with van der Waals surface area (Å²) < 4.78 is 27.4. The van der Waals surface area contributed by atoms with Crippen LogP contribution in [0.4, 0.5) is 5.69 Å². The van der Waals surface area contributed by atoms with Gasteiger partial charge in [-0.3, -0.25) is 4.79 Å². The number of carbonyl (C=O) groups is 1. The van der Waals surface area contributed by atoms with Gasteiger partial charge in [-0.2, -0.15) is 4.31 Å². The number of hydrogen-bond donors (Lipinski definition) is 1. The fourth-order valence-electron chi connectivity index (χ4n) is 3.35. The molecule has 1 fully saturated rings. The molecule has 1 saturated carbocycles. The molecule has 0 atom stereocenters. The predicted molar refractivity (Wildman–Crippen MR) is 115 cm³/mol. The Morgan fingerprint density at radius 3 is 2.11 bits per heavy atom. The largest absolute Gasteiger partial charge is 0.325 e. The molecule has 0 aliphatic heterocycles. The summed E-state index contributed by atoms with van der Waals surface area (Å²) in [4.78, 5) is 13.2. The van der Waals surface area contributed by atoms with Crippen LogP contribution in [0.15, 0.2) is 57.9 Å². The van der Waals surface area contributed by atoms with Gasteiger partial charge in [0.2, 0.25) is 15.9 Å². The zero-order chi connectivity index (χ0) is 20.5. The number of hydrogen-bond acceptors (Lipinski definition) is 3. The van der Waals surface area contributed by atoms with Crippen molar-refractivity contribution >= 4 is 37.5 Å². The van der Waals surface area contributed by atoms with E-state index in [2.05, 4.69) is 21.2 Å². The quantitative estimate of drug-likeness (QED) is 0.682. The van der Waals surface area contributed by atoms with Crippen molar-refractivity contribution in [2.24, 2.45) is 0 Å². The number of nitrogens with zero attached hydrogens (tertiary/aromatic N) is 1. The first-order valence-electron chi connectivity index (χ1n) is 9.32. The van der Waals surface area contributed by atoms with Crippen molar-refractivity contribution in [2.75, 3.05) is 12.4 Å². The van der Waals surface area contributed by atoms with Crippen LogP contribution in [-0.4, -0.2) is 31.7 Å². The number of amides is 1. The molecular formula is C21H25BrN2O3S. The minimum absolute atomic E-state index is 0.0454. The molecule has 0 radical (unpaired) electrons. The van der Waals surface area contributed by atoms with Crippen LogP contribution in [-0.2, 0) is 20.2 Å². The highest BCUT2D eigenvalue weighted by molar-refractivity contribution is 9.10. The van der Waals surface area contributed by atoms with E-state index in [0.29, 0.717) is 5.69 Å². The Hall–Kier alpha value is -1.70. The van der Waals surface area contributed by atoms with Gasteiger partial charge in [0.25, 0.3) is 0 Å². The average molecular weight is 465 g/mol. The Balaban J connectivity index is 1.78. The lowest BCUT2D eigenvalue weighted by atomic mass is 9.64. The Labute approximate surface area is 175 Å². The molecule has 28 heavy (non-hydrogen) atoms. The minimum Gasteiger partial charge on any atom is -0.325 e. The van der Waals surface area contributed by atoms with E-state index >= 15 is 0 Å². The Morgan fingerprint density at radius 1 is 1.07 bits per heavy atom. The van der Waals surface area contributed by atoms with Gasteiger partial charge in [-0.05, 0) is 68.7 Å². The second-order valence-corrected chi connectivity index (χ2v) is 10.4. The molecule has 3 rings (SSSR count). The van der Waals surface area contributed by atoms with Gasteiger partial charge in [0.05, 0.1) is 10.3 Å². The molecule has 0 heterocycles. The number of sulfonamides is 1. The first-order valence-corrected chi connectivity index (χ1v) is 11.6. The van der Waals surface area contributed by atoms with Crippen LogP contribution in [0.5, 0.6) is 0 Å². The summed E-state index contributed by atoms with van der Waals surface area (Å²) in [6, 6.07) is 14.1. The van der Waals surface area contributed by atoms with Crippen LogP contribution < -0.4 is 5.32 Å². The first-order chi connectivity index (χ1) is 13.2. The van der Waals surface area contributed by atoms with Crippen molar-refractivity contribution in [3.05, 3.63) is 58.6 Å². The van der Waals surface area contributed by atoms with Gasteiger partial charge < -0.3 is 5.32 Å². The number of halogens is 1. The maximum Gasteiger partial charge on any atom is 0.243 e. The molecule has 1 aliphatic carbocycles. The zero-order valence-electron chi connectivity index (χ0n) is 16.3. The molecule has 5 nitrogen and oxygen atoms in total. The second-order valence-electron chi connectivity index (χ2n) is 7.54. The number of nitrogens with one attached hydrogen (secondary N) is 1. The van der Waals surface area contributed by atoms with E-state index in [1.807, 2.05) is 38.1 Å². The molecule has 2 aromatic carbocycles. The van der Waals surface area contributed by atoms with Crippen molar-refractivity contribution in [3.8, 4) is 0 Å². The fourth-order valence-corrected chi connectivity index (χ4v) is 4.98. The van der Waals surface area contributed by atoms with Gasteiger partial charge >= 0.3 is 0 Å². The normalized spacial score (nSPS) is 16.1. The molecule has 0 bridgehead atoms. The van der Waals surface area contributed by atoms with Crippen LogP contribution in [0.3, 0.4) is 0 Å². The third kappa shape index (κ3) is 3.88. The third-order valence-corrected chi connectivity index (χ3v) is 8.13. The molecule has 1 amide bonds. The number of rotatable bonds is 6. The average Bonchev–Trinajstić information content (AvgIpc) is 2.62. The maximum absolute atomic E-state index is 13.0. The molecule has 7 heteroatoms. The van der Waals surface area contributed by atoms with E-state index < -0.39 is 15.4 Å². The zero-order valence-corrected chi connectivity index (χ0v) is 18.7. The molecule has 150 valence electrons. The highest BCUT2D eigenvalue weighted by Gasteiger charge is 2.45. The van der Waals surface area contributed by atoms with E-state index in [1.165, 1.54) is 16.4 Å². The molecule has 2 aromatic rings. The summed E-state index contributed by atoms with van der Waals surface area (Å²) in [5.74, 6) is -0.0454. The van der Waals surface area contributed by atoms with Crippen molar-refractivity contribution in [1.82, 2.24) is 4.31 Å². The minimum atomic E-state index is -3.54. The standard InChI is InChI=1S/C21H25BrN2O3S/c1-15(2)24(3)28(26,27)19-11-9-18(10-12-19)23-20(25)21(13-4-14-21)16-5-7-17(22)8-6-16/h5-12,15H,4,13-14H2,1-3H3,(H,23,25). The fraction of sp³-hybridized carbons (Fsp3) is 0.381. The monoisotopic (exact) mass is 464 g/mol. The van der Waals surface area contributed by atoms with Crippen LogP contribution >= 0.6 is 15.9 Å². The van der Waals surface area contributed by atoms with Crippen LogP contribution in [0.2, 0.25) is 0 Å². The second kappa shape index (κ2) is 7.97. The highest BCUT2D eigenvalue weighted by atomic mass is 79.9. The number of anilines is 1. The van der Waals surface area contributed by atoms with Crippen molar-refractivity contribution in [1.29, 1.82) is 0 Å². The van der Waals surface area contributed by atoms with E-state index in [9.17, 15) is 13.2 Å². The summed E-state index contributed by atoms with van der Waals surface area (Å²) >= 11 is 3.43. The third-order valence-electron chi connectivity index (χ3n) is 5.55. The summed E-state index contributed by atoms with van der Waals surface area (Å²) in [5.41, 5.74) is 1.10. The lowest BCUT2D eigenvalue weighted by Gasteiger charge is -2.40. The molecule has 1 N–H and O–H groups in total. The number of carbonyl (C=O) groups excluding carboxylic acids is 1. The molecular weight excluding hydrogens is 440 g/mol. The summed E-state index contributed by atoms with van der Waals surface area (Å²) in [5, 5.41) is 2.97. The Morgan fingerprint density at radius 2 is 1.64 bits per heavy atom. The molecule has 0 unspecified atom stereocenters. The molecule has 0 spiro atoms. The lowest BCUT2D eigenvalue weighted by Crippen LogP contribution is -2.46. The van der Waals surface area contributed by atoms with E-state index in [1.54, 1.807) is 19.2 Å². The Bertz CT molecular complexity index is 950. The smallest absolute Gasteiger partial charge is 0.243 e. The first kappa shape index (κ1) is 21.0. The highest BCUT2D eigenvalue weighted by Crippen LogP contribution is 2.44. The van der Waals surface area contributed by atoms with Crippen molar-refractivity contribution in [3.63, 3.8) is 0 Å².